The van der Waals surface area contributed by atoms with E-state index in [2.05, 4.69) is 10.2 Å². The molecular weight excluding hydrogens is 295 g/mol. The number of carboxylic acids is 1. The van der Waals surface area contributed by atoms with Gasteiger partial charge in [-0.05, 0) is 18.6 Å². The van der Waals surface area contributed by atoms with Gasteiger partial charge in [-0.3, -0.25) is 4.40 Å². The smallest absolute Gasteiger partial charge is 0.431 e. The van der Waals surface area contributed by atoms with E-state index in [0.29, 0.717) is 5.75 Å². The molecule has 0 amide bonds. The Kier molecular flexibility index (Phi) is 3.89. The summed E-state index contributed by atoms with van der Waals surface area (Å²) in [4.78, 5) is 11.0. The van der Waals surface area contributed by atoms with Crippen LogP contribution in [0.5, 0.6) is 0 Å². The van der Waals surface area contributed by atoms with Crippen LogP contribution in [0.25, 0.3) is 5.65 Å². The van der Waals surface area contributed by atoms with Crippen LogP contribution in [0.1, 0.15) is 29.4 Å². The molecule has 0 unspecified atom stereocenters. The third kappa shape index (κ3) is 2.58. The normalized spacial score (nSPS) is 12.0. The summed E-state index contributed by atoms with van der Waals surface area (Å²) < 4.78 is 39.7. The zero-order chi connectivity index (χ0) is 14.9. The first kappa shape index (κ1) is 14.6. The van der Waals surface area contributed by atoms with E-state index in [4.69, 9.17) is 5.11 Å². The number of hydrogen-bond acceptors (Lipinski definition) is 4. The first-order valence-electron chi connectivity index (χ1n) is 5.67. The average molecular weight is 305 g/mol. The highest BCUT2D eigenvalue weighted by Crippen LogP contribution is 2.33. The Morgan fingerprint density at radius 3 is 2.65 bits per heavy atom. The second-order valence-corrected chi connectivity index (χ2v) is 4.99. The number of aromatic carboxylic acids is 1. The molecule has 0 saturated carbocycles. The number of nitrogens with zero attached hydrogens (tertiary/aromatic N) is 3. The minimum Gasteiger partial charge on any atom is -0.478 e. The quantitative estimate of drug-likeness (QED) is 0.880. The maximum Gasteiger partial charge on any atom is 0.431 e. The second-order valence-electron chi connectivity index (χ2n) is 3.93. The SMILES string of the molecule is CCCSc1nnc2c(C(=O)O)ccc(C(F)(F)F)n12. The third-order valence-electron chi connectivity index (χ3n) is 2.48. The molecule has 0 fully saturated rings. The predicted octanol–water partition coefficient (Wildman–Crippen LogP) is 2.95. The van der Waals surface area contributed by atoms with E-state index in [0.717, 1.165) is 34.7 Å². The van der Waals surface area contributed by atoms with Gasteiger partial charge in [0.25, 0.3) is 0 Å². The zero-order valence-electron chi connectivity index (χ0n) is 10.3. The molecule has 0 aliphatic heterocycles. The fourth-order valence-corrected chi connectivity index (χ4v) is 2.45. The lowest BCUT2D eigenvalue weighted by atomic mass is 10.2. The lowest BCUT2D eigenvalue weighted by Gasteiger charge is -2.11. The number of pyridine rings is 1. The molecule has 0 spiro atoms. The summed E-state index contributed by atoms with van der Waals surface area (Å²) in [6.45, 7) is 1.88. The predicted molar refractivity (Wildman–Crippen MR) is 66.0 cm³/mol. The zero-order valence-corrected chi connectivity index (χ0v) is 11.1. The van der Waals surface area contributed by atoms with Gasteiger partial charge in [-0.25, -0.2) is 4.79 Å². The van der Waals surface area contributed by atoms with Crippen molar-refractivity contribution in [2.45, 2.75) is 24.7 Å². The van der Waals surface area contributed by atoms with Crippen molar-refractivity contribution in [3.05, 3.63) is 23.4 Å². The Balaban J connectivity index is 2.71. The molecule has 5 nitrogen and oxygen atoms in total. The standard InChI is InChI=1S/C11H10F3N3O2S/c1-2-5-20-10-16-15-8-6(9(18)19)3-4-7(17(8)10)11(12,13)14/h3-4H,2,5H2,1H3,(H,18,19). The molecule has 20 heavy (non-hydrogen) atoms. The number of rotatable bonds is 4. The van der Waals surface area contributed by atoms with Gasteiger partial charge in [0, 0.05) is 5.75 Å². The highest BCUT2D eigenvalue weighted by Gasteiger charge is 2.35. The average Bonchev–Trinajstić information content (AvgIpc) is 2.77. The number of alkyl halides is 3. The summed E-state index contributed by atoms with van der Waals surface area (Å²) in [6, 6.07) is 1.62. The molecule has 1 N–H and O–H groups in total. The van der Waals surface area contributed by atoms with Gasteiger partial charge in [-0.15, -0.1) is 10.2 Å². The molecule has 2 aromatic rings. The van der Waals surface area contributed by atoms with Crippen molar-refractivity contribution in [3.63, 3.8) is 0 Å². The van der Waals surface area contributed by atoms with Crippen LogP contribution in [-0.4, -0.2) is 31.4 Å². The topological polar surface area (TPSA) is 67.5 Å². The molecule has 2 aromatic heterocycles. The van der Waals surface area contributed by atoms with Gasteiger partial charge >= 0.3 is 12.1 Å². The number of thioether (sulfide) groups is 1. The van der Waals surface area contributed by atoms with Gasteiger partial charge < -0.3 is 5.11 Å². The molecule has 0 aliphatic carbocycles. The largest absolute Gasteiger partial charge is 0.478 e. The minimum atomic E-state index is -4.61. The summed E-state index contributed by atoms with van der Waals surface area (Å²) in [5, 5.41) is 16.3. The Bertz CT molecular complexity index is 654. The Labute approximate surface area is 115 Å². The van der Waals surface area contributed by atoms with Crippen LogP contribution in [0, 0.1) is 0 Å². The van der Waals surface area contributed by atoms with Crippen LogP contribution in [-0.2, 0) is 6.18 Å². The number of fused-ring (bicyclic) bond motifs is 1. The van der Waals surface area contributed by atoms with E-state index in [1.807, 2.05) is 6.92 Å². The number of hydrogen-bond donors (Lipinski definition) is 1. The summed E-state index contributed by atoms with van der Waals surface area (Å²) in [7, 11) is 0. The van der Waals surface area contributed by atoms with Crippen molar-refractivity contribution in [3.8, 4) is 0 Å². The monoisotopic (exact) mass is 305 g/mol. The van der Waals surface area contributed by atoms with Crippen LogP contribution < -0.4 is 0 Å². The third-order valence-corrected chi connectivity index (χ3v) is 3.61. The maximum atomic E-state index is 13.0. The molecule has 0 aromatic carbocycles. The molecule has 0 atom stereocenters. The molecule has 2 rings (SSSR count). The Morgan fingerprint density at radius 1 is 1.40 bits per heavy atom. The van der Waals surface area contributed by atoms with Gasteiger partial charge in [0.15, 0.2) is 10.8 Å². The van der Waals surface area contributed by atoms with Crippen molar-refractivity contribution in [2.24, 2.45) is 0 Å². The number of halogens is 3. The van der Waals surface area contributed by atoms with Crippen molar-refractivity contribution in [1.29, 1.82) is 0 Å². The van der Waals surface area contributed by atoms with Crippen LogP contribution >= 0.6 is 11.8 Å². The minimum absolute atomic E-state index is 0.0391. The Morgan fingerprint density at radius 2 is 2.10 bits per heavy atom. The van der Waals surface area contributed by atoms with Gasteiger partial charge in [0.05, 0.1) is 0 Å². The molecule has 0 aliphatic rings. The fraction of sp³-hybridized carbons (Fsp3) is 0.364. The summed E-state index contributed by atoms with van der Waals surface area (Å²) in [5.41, 5.74) is -1.60. The summed E-state index contributed by atoms with van der Waals surface area (Å²) >= 11 is 1.10. The van der Waals surface area contributed by atoms with Crippen molar-refractivity contribution in [2.75, 3.05) is 5.75 Å². The molecule has 0 radical (unpaired) electrons. The van der Waals surface area contributed by atoms with Gasteiger partial charge in [-0.2, -0.15) is 13.2 Å². The first-order chi connectivity index (χ1) is 9.36. The van der Waals surface area contributed by atoms with Gasteiger partial charge in [-0.1, -0.05) is 18.7 Å². The summed E-state index contributed by atoms with van der Waals surface area (Å²) in [6.07, 6.45) is -3.86. The van der Waals surface area contributed by atoms with Crippen LogP contribution in [0.15, 0.2) is 17.3 Å². The van der Waals surface area contributed by atoms with Crippen LogP contribution in [0.2, 0.25) is 0 Å². The molecule has 2 heterocycles. The lowest BCUT2D eigenvalue weighted by molar-refractivity contribution is -0.142. The van der Waals surface area contributed by atoms with Gasteiger partial charge in [0.2, 0.25) is 0 Å². The van der Waals surface area contributed by atoms with Crippen molar-refractivity contribution < 1.29 is 23.1 Å². The Hall–Kier alpha value is -1.77. The first-order valence-corrected chi connectivity index (χ1v) is 6.66. The van der Waals surface area contributed by atoms with E-state index < -0.39 is 17.8 Å². The molecule has 0 saturated heterocycles. The molecule has 108 valence electrons. The van der Waals surface area contributed by atoms with Crippen molar-refractivity contribution >= 4 is 23.4 Å². The number of aromatic nitrogens is 3. The van der Waals surface area contributed by atoms with Crippen LogP contribution in [0.3, 0.4) is 0 Å². The van der Waals surface area contributed by atoms with E-state index in [9.17, 15) is 18.0 Å². The van der Waals surface area contributed by atoms with Crippen molar-refractivity contribution in [1.82, 2.24) is 14.6 Å². The lowest BCUT2D eigenvalue weighted by Crippen LogP contribution is -2.14. The van der Waals surface area contributed by atoms with E-state index in [1.165, 1.54) is 0 Å². The van der Waals surface area contributed by atoms with Crippen LogP contribution in [0.4, 0.5) is 13.2 Å². The van der Waals surface area contributed by atoms with Gasteiger partial charge in [0.1, 0.15) is 11.3 Å². The van der Waals surface area contributed by atoms with E-state index >= 15 is 0 Å². The molecular formula is C11H10F3N3O2S. The van der Waals surface area contributed by atoms with E-state index in [-0.39, 0.29) is 16.4 Å². The fourth-order valence-electron chi connectivity index (χ4n) is 1.65. The highest BCUT2D eigenvalue weighted by molar-refractivity contribution is 7.99. The second kappa shape index (κ2) is 5.31. The number of carbonyl (C=O) groups is 1. The molecule has 9 heteroatoms. The summed E-state index contributed by atoms with van der Waals surface area (Å²) in [5.74, 6) is -0.779. The maximum absolute atomic E-state index is 13.0. The number of carboxylic acid groups (broad SMARTS) is 1. The highest BCUT2D eigenvalue weighted by atomic mass is 32.2. The molecule has 0 bridgehead atoms. The van der Waals surface area contributed by atoms with E-state index in [1.54, 1.807) is 0 Å².